The van der Waals surface area contributed by atoms with Crippen LogP contribution in [0, 0.1) is 17.5 Å². The Kier molecular flexibility index (Phi) is 4.59. The van der Waals surface area contributed by atoms with E-state index in [0.29, 0.717) is 0 Å². The van der Waals surface area contributed by atoms with Crippen LogP contribution in [0.4, 0.5) is 13.2 Å². The summed E-state index contributed by atoms with van der Waals surface area (Å²) in [5, 5.41) is 3.62. The highest BCUT2D eigenvalue weighted by Gasteiger charge is 2.19. The Morgan fingerprint density at radius 1 is 1.24 bits per heavy atom. The Bertz CT molecular complexity index is 608. The molecule has 0 fully saturated rings. The molecule has 0 amide bonds. The maximum absolute atomic E-state index is 13.2. The molecule has 0 aliphatic heterocycles. The molecule has 0 bridgehead atoms. The van der Waals surface area contributed by atoms with Crippen LogP contribution in [-0.4, -0.2) is 22.9 Å². The first-order valence-electron chi connectivity index (χ1n) is 6.24. The third kappa shape index (κ3) is 3.59. The normalized spacial score (nSPS) is 12.9. The van der Waals surface area contributed by atoms with Crippen LogP contribution in [0.2, 0.25) is 0 Å². The lowest BCUT2D eigenvalue weighted by molar-refractivity contribution is 0.0665. The third-order valence-electron chi connectivity index (χ3n) is 2.61. The summed E-state index contributed by atoms with van der Waals surface area (Å²) in [7, 11) is 0. The number of aromatic nitrogens is 2. The predicted molar refractivity (Wildman–Crippen MR) is 67.6 cm³/mol. The quantitative estimate of drug-likeness (QED) is 0.859. The van der Waals surface area contributed by atoms with E-state index in [4.69, 9.17) is 15.0 Å². The SMILES string of the molecule is CC(C)OCC(N)c1noc(-c2cc(F)c(F)c(F)c2)n1. The number of hydrogen-bond acceptors (Lipinski definition) is 5. The maximum atomic E-state index is 13.2. The van der Waals surface area contributed by atoms with Gasteiger partial charge in [-0.3, -0.25) is 0 Å². The zero-order valence-corrected chi connectivity index (χ0v) is 11.4. The van der Waals surface area contributed by atoms with Crippen LogP contribution in [0.5, 0.6) is 0 Å². The molecule has 1 aromatic heterocycles. The zero-order valence-electron chi connectivity index (χ0n) is 11.4. The Labute approximate surface area is 118 Å². The van der Waals surface area contributed by atoms with E-state index >= 15 is 0 Å². The summed E-state index contributed by atoms with van der Waals surface area (Å²) in [6.07, 6.45) is -0.0114. The van der Waals surface area contributed by atoms with Gasteiger partial charge in [-0.25, -0.2) is 13.2 Å². The molecule has 1 unspecified atom stereocenters. The molecule has 0 aliphatic carbocycles. The van der Waals surface area contributed by atoms with Crippen LogP contribution < -0.4 is 5.73 Å². The van der Waals surface area contributed by atoms with E-state index in [9.17, 15) is 13.2 Å². The second kappa shape index (κ2) is 6.23. The molecule has 0 saturated carbocycles. The molecular formula is C13H14F3N3O2. The molecule has 5 nitrogen and oxygen atoms in total. The molecule has 2 aromatic rings. The summed E-state index contributed by atoms with van der Waals surface area (Å²) >= 11 is 0. The van der Waals surface area contributed by atoms with Gasteiger partial charge < -0.3 is 15.0 Å². The third-order valence-corrected chi connectivity index (χ3v) is 2.61. The van der Waals surface area contributed by atoms with Gasteiger partial charge in [-0.2, -0.15) is 4.98 Å². The highest BCUT2D eigenvalue weighted by atomic mass is 19.2. The molecule has 0 radical (unpaired) electrons. The summed E-state index contributed by atoms with van der Waals surface area (Å²) < 4.78 is 49.4. The van der Waals surface area contributed by atoms with E-state index in [0.717, 1.165) is 12.1 Å². The van der Waals surface area contributed by atoms with Crippen LogP contribution in [-0.2, 0) is 4.74 Å². The van der Waals surface area contributed by atoms with Crippen molar-refractivity contribution in [2.75, 3.05) is 6.61 Å². The lowest BCUT2D eigenvalue weighted by Gasteiger charge is -2.10. The summed E-state index contributed by atoms with van der Waals surface area (Å²) in [5.41, 5.74) is 5.73. The van der Waals surface area contributed by atoms with Gasteiger partial charge in [-0.05, 0) is 26.0 Å². The Balaban J connectivity index is 2.20. The summed E-state index contributed by atoms with van der Waals surface area (Å²) in [6, 6.07) is 0.901. The van der Waals surface area contributed by atoms with Crippen molar-refractivity contribution < 1.29 is 22.4 Å². The van der Waals surface area contributed by atoms with E-state index < -0.39 is 23.5 Å². The van der Waals surface area contributed by atoms with Gasteiger partial charge in [0.15, 0.2) is 23.3 Å². The van der Waals surface area contributed by atoms with Gasteiger partial charge in [0.25, 0.3) is 5.89 Å². The summed E-state index contributed by atoms with van der Waals surface area (Å²) in [5.74, 6) is -4.24. The van der Waals surface area contributed by atoms with Crippen molar-refractivity contribution in [3.63, 3.8) is 0 Å². The largest absolute Gasteiger partial charge is 0.377 e. The topological polar surface area (TPSA) is 74.2 Å². The van der Waals surface area contributed by atoms with E-state index in [-0.39, 0.29) is 30.0 Å². The van der Waals surface area contributed by atoms with Gasteiger partial charge >= 0.3 is 0 Å². The number of benzene rings is 1. The maximum Gasteiger partial charge on any atom is 0.258 e. The molecular weight excluding hydrogens is 287 g/mol. The fourth-order valence-electron chi connectivity index (χ4n) is 1.55. The molecule has 0 saturated heterocycles. The molecule has 114 valence electrons. The van der Waals surface area contributed by atoms with Crippen molar-refractivity contribution in [3.05, 3.63) is 35.4 Å². The van der Waals surface area contributed by atoms with Gasteiger partial charge in [0.2, 0.25) is 0 Å². The lowest BCUT2D eigenvalue weighted by Crippen LogP contribution is -2.20. The molecule has 0 aliphatic rings. The smallest absolute Gasteiger partial charge is 0.258 e. The Hall–Kier alpha value is -1.93. The molecule has 1 atom stereocenters. The van der Waals surface area contributed by atoms with Crippen molar-refractivity contribution in [3.8, 4) is 11.5 Å². The first kappa shape index (κ1) is 15.5. The minimum Gasteiger partial charge on any atom is -0.377 e. The fourth-order valence-corrected chi connectivity index (χ4v) is 1.55. The van der Waals surface area contributed by atoms with Crippen molar-refractivity contribution >= 4 is 0 Å². The van der Waals surface area contributed by atoms with E-state index in [1.807, 2.05) is 13.8 Å². The molecule has 2 N–H and O–H groups in total. The fraction of sp³-hybridized carbons (Fsp3) is 0.385. The Morgan fingerprint density at radius 3 is 2.43 bits per heavy atom. The average molecular weight is 301 g/mol. The van der Waals surface area contributed by atoms with Crippen LogP contribution in [0.1, 0.15) is 25.7 Å². The lowest BCUT2D eigenvalue weighted by atomic mass is 10.2. The van der Waals surface area contributed by atoms with Gasteiger partial charge in [0, 0.05) is 5.56 Å². The average Bonchev–Trinajstić information content (AvgIpc) is 2.91. The predicted octanol–water partition coefficient (Wildman–Crippen LogP) is 2.58. The molecule has 1 aromatic carbocycles. The standard InChI is InChI=1S/C13H14F3N3O2/c1-6(2)20-5-10(17)12-18-13(21-19-12)7-3-8(14)11(16)9(15)4-7/h3-4,6,10H,5,17H2,1-2H3. The number of nitrogens with two attached hydrogens (primary N) is 1. The van der Waals surface area contributed by atoms with E-state index in [1.165, 1.54) is 0 Å². The van der Waals surface area contributed by atoms with Gasteiger partial charge in [0.1, 0.15) is 0 Å². The molecule has 2 rings (SSSR count). The van der Waals surface area contributed by atoms with Crippen LogP contribution in [0.3, 0.4) is 0 Å². The van der Waals surface area contributed by atoms with Crippen LogP contribution >= 0.6 is 0 Å². The van der Waals surface area contributed by atoms with Gasteiger partial charge in [-0.1, -0.05) is 5.16 Å². The number of hydrogen-bond donors (Lipinski definition) is 1. The molecule has 0 spiro atoms. The highest BCUT2D eigenvalue weighted by Crippen LogP contribution is 2.23. The van der Waals surface area contributed by atoms with Crippen LogP contribution in [0.25, 0.3) is 11.5 Å². The minimum atomic E-state index is -1.56. The number of nitrogens with zero attached hydrogens (tertiary/aromatic N) is 2. The van der Waals surface area contributed by atoms with Crippen molar-refractivity contribution in [2.45, 2.75) is 26.0 Å². The monoisotopic (exact) mass is 301 g/mol. The van der Waals surface area contributed by atoms with Gasteiger partial charge in [0.05, 0.1) is 18.8 Å². The zero-order chi connectivity index (χ0) is 15.6. The van der Waals surface area contributed by atoms with E-state index in [1.54, 1.807) is 0 Å². The molecule has 21 heavy (non-hydrogen) atoms. The first-order chi connectivity index (χ1) is 9.88. The molecule has 1 heterocycles. The van der Waals surface area contributed by atoms with Gasteiger partial charge in [-0.15, -0.1) is 0 Å². The van der Waals surface area contributed by atoms with Crippen molar-refractivity contribution in [1.82, 2.24) is 10.1 Å². The Morgan fingerprint density at radius 2 is 1.86 bits per heavy atom. The van der Waals surface area contributed by atoms with E-state index in [2.05, 4.69) is 10.1 Å². The number of ether oxygens (including phenoxy) is 1. The number of rotatable bonds is 5. The highest BCUT2D eigenvalue weighted by molar-refractivity contribution is 5.53. The number of halogens is 3. The second-order valence-electron chi connectivity index (χ2n) is 4.70. The van der Waals surface area contributed by atoms with Crippen molar-refractivity contribution in [2.24, 2.45) is 5.73 Å². The summed E-state index contributed by atoms with van der Waals surface area (Å²) in [6.45, 7) is 3.86. The molecule has 8 heteroatoms. The van der Waals surface area contributed by atoms with Crippen LogP contribution in [0.15, 0.2) is 16.7 Å². The first-order valence-corrected chi connectivity index (χ1v) is 6.24. The van der Waals surface area contributed by atoms with Crippen molar-refractivity contribution in [1.29, 1.82) is 0 Å². The second-order valence-corrected chi connectivity index (χ2v) is 4.70. The summed E-state index contributed by atoms with van der Waals surface area (Å²) in [4.78, 5) is 3.93. The minimum absolute atomic E-state index is 0.0114.